The summed E-state index contributed by atoms with van der Waals surface area (Å²) in [6.07, 6.45) is 3.36. The second-order valence-electron chi connectivity index (χ2n) is 4.31. The SMILES string of the molecule is CCN1CCC2CCC(C1)N2C(N)=O. The van der Waals surface area contributed by atoms with Crippen LogP contribution in [0.15, 0.2) is 0 Å². The topological polar surface area (TPSA) is 49.6 Å². The fourth-order valence-corrected chi connectivity index (χ4v) is 2.79. The number of rotatable bonds is 1. The molecule has 2 rings (SSSR count). The molecule has 0 spiro atoms. The zero-order valence-corrected chi connectivity index (χ0v) is 8.78. The minimum atomic E-state index is -0.226. The first kappa shape index (κ1) is 9.77. The first-order valence-corrected chi connectivity index (χ1v) is 5.52. The molecular weight excluding hydrogens is 178 g/mol. The molecule has 2 fully saturated rings. The maximum atomic E-state index is 11.3. The smallest absolute Gasteiger partial charge is 0.315 e. The van der Waals surface area contributed by atoms with E-state index in [1.165, 1.54) is 0 Å². The molecule has 0 aromatic carbocycles. The number of hydrogen-bond acceptors (Lipinski definition) is 2. The van der Waals surface area contributed by atoms with Crippen molar-refractivity contribution < 1.29 is 4.79 Å². The third kappa shape index (κ3) is 1.59. The average Bonchev–Trinajstić information content (AvgIpc) is 2.41. The zero-order chi connectivity index (χ0) is 10.1. The highest BCUT2D eigenvalue weighted by atomic mass is 16.2. The number of carbonyl (C=O) groups excluding carboxylic acids is 1. The van der Waals surface area contributed by atoms with Gasteiger partial charge in [-0.25, -0.2) is 4.79 Å². The summed E-state index contributed by atoms with van der Waals surface area (Å²) < 4.78 is 0. The Bertz CT molecular complexity index is 231. The number of carbonyl (C=O) groups is 1. The van der Waals surface area contributed by atoms with Gasteiger partial charge in [-0.2, -0.15) is 0 Å². The van der Waals surface area contributed by atoms with Crippen LogP contribution >= 0.6 is 0 Å². The molecule has 2 atom stereocenters. The molecule has 0 aromatic heterocycles. The Morgan fingerprint density at radius 1 is 1.36 bits per heavy atom. The van der Waals surface area contributed by atoms with E-state index in [2.05, 4.69) is 11.8 Å². The molecule has 14 heavy (non-hydrogen) atoms. The lowest BCUT2D eigenvalue weighted by atomic mass is 10.1. The van der Waals surface area contributed by atoms with E-state index < -0.39 is 0 Å². The van der Waals surface area contributed by atoms with E-state index in [1.54, 1.807) is 0 Å². The maximum Gasteiger partial charge on any atom is 0.315 e. The fraction of sp³-hybridized carbons (Fsp3) is 0.900. The van der Waals surface area contributed by atoms with Crippen molar-refractivity contribution in [1.29, 1.82) is 0 Å². The molecule has 2 aliphatic rings. The third-order valence-corrected chi connectivity index (χ3v) is 3.57. The highest BCUT2D eigenvalue weighted by molar-refractivity contribution is 5.73. The summed E-state index contributed by atoms with van der Waals surface area (Å²) >= 11 is 0. The average molecular weight is 197 g/mol. The molecule has 0 aliphatic carbocycles. The van der Waals surface area contributed by atoms with Crippen molar-refractivity contribution in [2.24, 2.45) is 5.73 Å². The number of primary amides is 1. The third-order valence-electron chi connectivity index (χ3n) is 3.57. The predicted molar refractivity (Wildman–Crippen MR) is 55.0 cm³/mol. The first-order valence-electron chi connectivity index (χ1n) is 5.52. The molecule has 4 heteroatoms. The van der Waals surface area contributed by atoms with Gasteiger partial charge >= 0.3 is 6.03 Å². The van der Waals surface area contributed by atoms with E-state index in [9.17, 15) is 4.79 Å². The number of fused-ring (bicyclic) bond motifs is 2. The molecule has 80 valence electrons. The lowest BCUT2D eigenvalue weighted by Gasteiger charge is -2.26. The van der Waals surface area contributed by atoms with Crippen molar-refractivity contribution in [3.8, 4) is 0 Å². The molecule has 0 aromatic rings. The minimum Gasteiger partial charge on any atom is -0.351 e. The number of likely N-dealkylation sites (tertiary alicyclic amines) is 1. The minimum absolute atomic E-state index is 0.226. The second kappa shape index (κ2) is 3.77. The molecule has 2 bridgehead atoms. The monoisotopic (exact) mass is 197 g/mol. The van der Waals surface area contributed by atoms with Crippen LogP contribution < -0.4 is 5.73 Å². The number of hydrogen-bond donors (Lipinski definition) is 1. The summed E-state index contributed by atoms with van der Waals surface area (Å²) in [5.41, 5.74) is 5.41. The Balaban J connectivity index is 2.10. The van der Waals surface area contributed by atoms with E-state index in [4.69, 9.17) is 5.73 Å². The Labute approximate surface area is 85.0 Å². The van der Waals surface area contributed by atoms with Crippen molar-refractivity contribution in [3.63, 3.8) is 0 Å². The summed E-state index contributed by atoms with van der Waals surface area (Å²) in [5, 5.41) is 0. The molecular formula is C10H19N3O. The van der Waals surface area contributed by atoms with Crippen LogP contribution in [0.3, 0.4) is 0 Å². The highest BCUT2D eigenvalue weighted by Crippen LogP contribution is 2.29. The van der Waals surface area contributed by atoms with Gasteiger partial charge in [0, 0.05) is 25.2 Å². The Hall–Kier alpha value is -0.770. The molecule has 0 saturated carbocycles. The molecule has 4 nitrogen and oxygen atoms in total. The quantitative estimate of drug-likeness (QED) is 0.670. The number of nitrogens with two attached hydrogens (primary N) is 1. The number of nitrogens with zero attached hydrogens (tertiary/aromatic N) is 2. The van der Waals surface area contributed by atoms with Gasteiger partial charge in [0.05, 0.1) is 0 Å². The van der Waals surface area contributed by atoms with E-state index in [-0.39, 0.29) is 6.03 Å². The normalized spacial score (nSPS) is 33.1. The maximum absolute atomic E-state index is 11.3. The lowest BCUT2D eigenvalue weighted by Crippen LogP contribution is -2.45. The Morgan fingerprint density at radius 3 is 2.71 bits per heavy atom. The van der Waals surface area contributed by atoms with Gasteiger partial charge < -0.3 is 15.5 Å². The van der Waals surface area contributed by atoms with E-state index >= 15 is 0 Å². The van der Waals surface area contributed by atoms with Gasteiger partial charge in [0.2, 0.25) is 0 Å². The van der Waals surface area contributed by atoms with Crippen molar-refractivity contribution in [2.75, 3.05) is 19.6 Å². The molecule has 2 heterocycles. The number of amides is 2. The molecule has 0 radical (unpaired) electrons. The zero-order valence-electron chi connectivity index (χ0n) is 8.78. The molecule has 2 N–H and O–H groups in total. The number of urea groups is 1. The van der Waals surface area contributed by atoms with Crippen LogP contribution in [0.2, 0.25) is 0 Å². The van der Waals surface area contributed by atoms with Crippen LogP contribution in [0, 0.1) is 0 Å². The van der Waals surface area contributed by atoms with Crippen molar-refractivity contribution >= 4 is 6.03 Å². The van der Waals surface area contributed by atoms with Crippen molar-refractivity contribution in [3.05, 3.63) is 0 Å². The second-order valence-corrected chi connectivity index (χ2v) is 4.31. The van der Waals surface area contributed by atoms with Crippen LogP contribution in [0.5, 0.6) is 0 Å². The summed E-state index contributed by atoms with van der Waals surface area (Å²) in [6.45, 7) is 5.38. The summed E-state index contributed by atoms with van der Waals surface area (Å²) in [7, 11) is 0. The Kier molecular flexibility index (Phi) is 2.63. The van der Waals surface area contributed by atoms with Gasteiger partial charge in [0.25, 0.3) is 0 Å². The van der Waals surface area contributed by atoms with Crippen molar-refractivity contribution in [2.45, 2.75) is 38.3 Å². The highest BCUT2D eigenvalue weighted by Gasteiger charge is 2.38. The summed E-state index contributed by atoms with van der Waals surface area (Å²) in [5.74, 6) is 0. The standard InChI is InChI=1S/C10H19N3O/c1-2-12-6-5-8-3-4-9(7-12)13(8)10(11)14/h8-9H,2-7H2,1H3,(H2,11,14). The van der Waals surface area contributed by atoms with E-state index in [0.717, 1.165) is 38.9 Å². The van der Waals surface area contributed by atoms with Crippen LogP contribution in [0.25, 0.3) is 0 Å². The van der Waals surface area contributed by atoms with Crippen LogP contribution in [0.1, 0.15) is 26.2 Å². The number of likely N-dealkylation sites (N-methyl/N-ethyl adjacent to an activating group) is 1. The van der Waals surface area contributed by atoms with Crippen LogP contribution in [0.4, 0.5) is 4.79 Å². The van der Waals surface area contributed by atoms with Gasteiger partial charge in [-0.15, -0.1) is 0 Å². The predicted octanol–water partition coefficient (Wildman–Crippen LogP) is 0.624. The molecule has 2 unspecified atom stereocenters. The van der Waals surface area contributed by atoms with Gasteiger partial charge in [0.15, 0.2) is 0 Å². The fourth-order valence-electron chi connectivity index (χ4n) is 2.79. The lowest BCUT2D eigenvalue weighted by molar-refractivity contribution is 0.180. The van der Waals surface area contributed by atoms with Gasteiger partial charge in [-0.05, 0) is 25.8 Å². The van der Waals surface area contributed by atoms with Gasteiger partial charge in [-0.1, -0.05) is 6.92 Å². The summed E-state index contributed by atoms with van der Waals surface area (Å²) in [4.78, 5) is 15.6. The molecule has 2 aliphatic heterocycles. The van der Waals surface area contributed by atoms with E-state index in [1.807, 2.05) is 4.90 Å². The van der Waals surface area contributed by atoms with Crippen LogP contribution in [-0.4, -0.2) is 47.5 Å². The summed E-state index contributed by atoms with van der Waals surface area (Å²) in [6, 6.07) is 0.560. The largest absolute Gasteiger partial charge is 0.351 e. The first-order chi connectivity index (χ1) is 6.72. The molecule has 2 amide bonds. The molecule has 2 saturated heterocycles. The van der Waals surface area contributed by atoms with Gasteiger partial charge in [-0.3, -0.25) is 0 Å². The van der Waals surface area contributed by atoms with Crippen molar-refractivity contribution in [1.82, 2.24) is 9.80 Å². The van der Waals surface area contributed by atoms with Crippen LogP contribution in [-0.2, 0) is 0 Å². The van der Waals surface area contributed by atoms with Gasteiger partial charge in [0.1, 0.15) is 0 Å². The van der Waals surface area contributed by atoms with E-state index in [0.29, 0.717) is 12.1 Å². The Morgan fingerprint density at radius 2 is 2.07 bits per heavy atom.